The third-order valence-electron chi connectivity index (χ3n) is 4.05. The number of tetrazole rings is 1. The van der Waals surface area contributed by atoms with Crippen molar-refractivity contribution >= 4 is 37.5 Å². The maximum absolute atomic E-state index is 5.94. The molecular formula is C17H10N7S+. The Kier molecular flexibility index (Phi) is 2.89. The fourth-order valence-corrected chi connectivity index (χ4v) is 3.91. The van der Waals surface area contributed by atoms with Crippen molar-refractivity contribution in [1.82, 2.24) is 25.6 Å². The molecule has 0 aliphatic rings. The first kappa shape index (κ1) is 13.8. The maximum Gasteiger partial charge on any atom is 0.431 e. The Bertz CT molecular complexity index is 1190. The van der Waals surface area contributed by atoms with Crippen LogP contribution in [0.15, 0.2) is 42.5 Å². The molecule has 0 saturated carbocycles. The average molecular weight is 344 g/mol. The zero-order valence-corrected chi connectivity index (χ0v) is 13.6. The molecule has 0 aliphatic carbocycles. The molecule has 0 atom stereocenters. The number of nitrogen functional groups attached to an aromatic ring is 1. The third-order valence-corrected chi connectivity index (χ3v) is 5.21. The lowest BCUT2D eigenvalue weighted by molar-refractivity contribution is -0.259. The smallest absolute Gasteiger partial charge is 0.361 e. The van der Waals surface area contributed by atoms with E-state index < -0.39 is 0 Å². The summed E-state index contributed by atoms with van der Waals surface area (Å²) in [6.45, 7) is 0. The highest BCUT2D eigenvalue weighted by Gasteiger charge is 2.16. The highest BCUT2D eigenvalue weighted by molar-refractivity contribution is 7.26. The normalized spacial score (nSPS) is 11.0. The Balaban J connectivity index is 1.61. The van der Waals surface area contributed by atoms with E-state index >= 15 is 0 Å². The highest BCUT2D eigenvalue weighted by atomic mass is 32.1. The van der Waals surface area contributed by atoms with Crippen LogP contribution in [0.25, 0.3) is 42.8 Å². The van der Waals surface area contributed by atoms with Gasteiger partial charge in [0.05, 0.1) is 5.39 Å². The van der Waals surface area contributed by atoms with Gasteiger partial charge in [-0.3, -0.25) is 0 Å². The largest absolute Gasteiger partial charge is 0.431 e. The van der Waals surface area contributed by atoms with Crippen LogP contribution in [0.5, 0.6) is 0 Å². The minimum Gasteiger partial charge on any atom is -0.361 e. The van der Waals surface area contributed by atoms with Crippen molar-refractivity contribution in [3.8, 4) is 22.5 Å². The number of nitrogens with two attached hydrogens (primary N) is 1. The minimum atomic E-state index is 0.470. The number of anilines is 1. The summed E-state index contributed by atoms with van der Waals surface area (Å²) >= 11 is 1.60. The molecule has 0 saturated heterocycles. The Morgan fingerprint density at radius 2 is 1.84 bits per heavy atom. The Hall–Kier alpha value is -3.57. The van der Waals surface area contributed by atoms with Crippen LogP contribution >= 0.6 is 11.3 Å². The number of aromatic nitrogens is 6. The number of H-pyrrole nitrogens is 1. The van der Waals surface area contributed by atoms with Crippen LogP contribution in [0, 0.1) is 6.33 Å². The molecule has 0 fully saturated rings. The molecule has 3 heterocycles. The molecule has 5 rings (SSSR count). The van der Waals surface area contributed by atoms with Gasteiger partial charge in [-0.25, -0.2) is 0 Å². The number of benzene rings is 2. The van der Waals surface area contributed by atoms with Crippen LogP contribution in [0.3, 0.4) is 0 Å². The van der Waals surface area contributed by atoms with Crippen molar-refractivity contribution in [2.24, 2.45) is 0 Å². The topological polar surface area (TPSA) is 107 Å². The average Bonchev–Trinajstić information content (AvgIpc) is 3.30. The second-order valence-electron chi connectivity index (χ2n) is 5.51. The lowest BCUT2D eigenvalue weighted by Gasteiger charge is -2.02. The lowest BCUT2D eigenvalue weighted by atomic mass is 10.0. The van der Waals surface area contributed by atoms with E-state index in [1.807, 2.05) is 24.3 Å². The van der Waals surface area contributed by atoms with Gasteiger partial charge < -0.3 is 5.73 Å². The van der Waals surface area contributed by atoms with Crippen molar-refractivity contribution in [2.45, 2.75) is 0 Å². The summed E-state index contributed by atoms with van der Waals surface area (Å²) in [5.74, 6) is 1.05. The van der Waals surface area contributed by atoms with Gasteiger partial charge in [0.2, 0.25) is 5.82 Å². The zero-order chi connectivity index (χ0) is 16.8. The molecule has 0 spiro atoms. The molecule has 0 aliphatic heterocycles. The third kappa shape index (κ3) is 2.18. The first-order chi connectivity index (χ1) is 12.3. The molecule has 2 aromatic carbocycles. The van der Waals surface area contributed by atoms with Crippen molar-refractivity contribution < 1.29 is 4.98 Å². The van der Waals surface area contributed by atoms with E-state index in [1.165, 1.54) is 0 Å². The molecule has 0 amide bonds. The second-order valence-corrected chi connectivity index (χ2v) is 6.56. The summed E-state index contributed by atoms with van der Waals surface area (Å²) in [7, 11) is 0. The number of hydrogen-bond donors (Lipinski definition) is 2. The van der Waals surface area contributed by atoms with E-state index in [9.17, 15) is 0 Å². The fourth-order valence-electron chi connectivity index (χ4n) is 2.82. The predicted molar refractivity (Wildman–Crippen MR) is 94.6 cm³/mol. The summed E-state index contributed by atoms with van der Waals surface area (Å²) < 4.78 is 2.02. The van der Waals surface area contributed by atoms with E-state index in [1.54, 1.807) is 11.3 Å². The van der Waals surface area contributed by atoms with Gasteiger partial charge >= 0.3 is 6.33 Å². The summed E-state index contributed by atoms with van der Waals surface area (Å²) in [6, 6.07) is 14.3. The van der Waals surface area contributed by atoms with E-state index in [0.29, 0.717) is 11.6 Å². The van der Waals surface area contributed by atoms with Gasteiger partial charge in [-0.2, -0.15) is 10.2 Å². The Morgan fingerprint density at radius 3 is 2.64 bits per heavy atom. The van der Waals surface area contributed by atoms with Gasteiger partial charge in [-0.15, -0.1) is 21.5 Å². The van der Waals surface area contributed by atoms with Crippen molar-refractivity contribution in [2.75, 3.05) is 5.73 Å². The highest BCUT2D eigenvalue weighted by Crippen LogP contribution is 2.35. The Labute approximate surface area is 145 Å². The minimum absolute atomic E-state index is 0.470. The van der Waals surface area contributed by atoms with E-state index in [0.717, 1.165) is 37.0 Å². The standard InChI is InChI=1S/C17H9N7S/c18-16-15-14(19-8-20-16)12-6-5-11(7-13(12)25-15)9-1-3-10(4-2-9)17-21-23-24-22-17/h1-7H,(H2,18,21,22,23,24)/p+1. The van der Waals surface area contributed by atoms with Crippen molar-refractivity contribution in [3.63, 3.8) is 0 Å². The summed E-state index contributed by atoms with van der Waals surface area (Å²) in [5, 5.41) is 15.1. The van der Waals surface area contributed by atoms with Crippen LogP contribution in [0.4, 0.5) is 5.82 Å². The molecule has 3 N–H and O–H groups in total. The van der Waals surface area contributed by atoms with Gasteiger partial charge in [0.1, 0.15) is 0 Å². The summed E-state index contributed by atoms with van der Waals surface area (Å²) in [6.07, 6.45) is 2.61. The number of aromatic amines is 1. The van der Waals surface area contributed by atoms with Gasteiger partial charge in [0.15, 0.2) is 4.70 Å². The number of thiophene rings is 1. The quantitative estimate of drug-likeness (QED) is 0.509. The SMILES string of the molecule is Nc1nc#[n+]c2c1sc1cc(-c3ccc(-c4nn[nH]n4)cc3)ccc12. The molecule has 8 heteroatoms. The van der Waals surface area contributed by atoms with Gasteiger partial charge in [-0.1, -0.05) is 30.3 Å². The molecule has 0 bridgehead atoms. The number of nitrogens with one attached hydrogen (secondary N) is 1. The van der Waals surface area contributed by atoms with E-state index in [2.05, 4.69) is 55.1 Å². The maximum atomic E-state index is 5.94. The molecule has 5 aromatic rings. The lowest BCUT2D eigenvalue weighted by Crippen LogP contribution is -1.97. The van der Waals surface area contributed by atoms with Crippen LogP contribution in [0.1, 0.15) is 0 Å². The second kappa shape index (κ2) is 5.22. The van der Waals surface area contributed by atoms with Crippen LogP contribution in [0.2, 0.25) is 0 Å². The van der Waals surface area contributed by atoms with Gasteiger partial charge in [0, 0.05) is 15.2 Å². The molecule has 7 nitrogen and oxygen atoms in total. The number of rotatable bonds is 2. The number of fused-ring (bicyclic) bond motifs is 3. The first-order valence-electron chi connectivity index (χ1n) is 7.50. The summed E-state index contributed by atoms with van der Waals surface area (Å²) in [5.41, 5.74) is 9.94. The van der Waals surface area contributed by atoms with Crippen molar-refractivity contribution in [3.05, 3.63) is 48.8 Å². The molecule has 118 valence electrons. The van der Waals surface area contributed by atoms with Crippen LogP contribution < -0.4 is 10.7 Å². The fraction of sp³-hybridized carbons (Fsp3) is 0. The molecule has 0 radical (unpaired) electrons. The monoisotopic (exact) mass is 344 g/mol. The molecular weight excluding hydrogens is 334 g/mol. The van der Waals surface area contributed by atoms with Crippen LogP contribution in [-0.4, -0.2) is 25.6 Å². The molecule has 25 heavy (non-hydrogen) atoms. The van der Waals surface area contributed by atoms with E-state index in [-0.39, 0.29) is 0 Å². The number of nitrogens with zero attached hydrogens (tertiary/aromatic N) is 5. The van der Waals surface area contributed by atoms with Gasteiger partial charge in [0.25, 0.3) is 11.3 Å². The predicted octanol–water partition coefficient (Wildman–Crippen LogP) is 2.28. The zero-order valence-electron chi connectivity index (χ0n) is 12.8. The molecule has 3 aromatic heterocycles. The van der Waals surface area contributed by atoms with E-state index in [4.69, 9.17) is 5.73 Å². The molecule has 0 unspecified atom stereocenters. The first-order valence-corrected chi connectivity index (χ1v) is 8.31. The van der Waals surface area contributed by atoms with Crippen LogP contribution in [-0.2, 0) is 0 Å². The summed E-state index contributed by atoms with van der Waals surface area (Å²) in [4.78, 5) is 8.19. The van der Waals surface area contributed by atoms with Crippen molar-refractivity contribution in [1.29, 1.82) is 0 Å². The number of hydrogen-bond acceptors (Lipinski definition) is 6. The Morgan fingerprint density at radius 1 is 1.04 bits per heavy atom. The van der Waals surface area contributed by atoms with Gasteiger partial charge in [-0.05, 0) is 28.5 Å².